The highest BCUT2D eigenvalue weighted by atomic mass is 79.9. The molecule has 1 aliphatic rings. The second-order valence-corrected chi connectivity index (χ2v) is 6.32. The van der Waals surface area contributed by atoms with Gasteiger partial charge in [0.25, 0.3) is 0 Å². The van der Waals surface area contributed by atoms with Crippen LogP contribution in [0.3, 0.4) is 0 Å². The lowest BCUT2D eigenvalue weighted by Gasteiger charge is -2.40. The zero-order valence-corrected chi connectivity index (χ0v) is 12.9. The Kier molecular flexibility index (Phi) is 4.82. The molecule has 0 radical (unpaired) electrons. The van der Waals surface area contributed by atoms with Gasteiger partial charge in [-0.3, -0.25) is 4.90 Å². The van der Waals surface area contributed by atoms with Crippen LogP contribution in [0.2, 0.25) is 0 Å². The molecule has 3 heteroatoms. The summed E-state index contributed by atoms with van der Waals surface area (Å²) in [6, 6.07) is 9.48. The van der Waals surface area contributed by atoms with Gasteiger partial charge in [-0.15, -0.1) is 0 Å². The first kappa shape index (κ1) is 14.0. The third-order valence-electron chi connectivity index (χ3n) is 4.11. The number of hydrogen-bond acceptors (Lipinski definition) is 2. The molecule has 0 saturated carbocycles. The molecule has 0 amide bonds. The van der Waals surface area contributed by atoms with Crippen molar-refractivity contribution in [2.24, 2.45) is 11.7 Å². The molecular formula is C15H23BrN2. The third kappa shape index (κ3) is 3.14. The van der Waals surface area contributed by atoms with E-state index in [1.165, 1.54) is 18.5 Å². The van der Waals surface area contributed by atoms with Crippen LogP contribution in [0.4, 0.5) is 0 Å². The van der Waals surface area contributed by atoms with E-state index in [0.29, 0.717) is 18.0 Å². The van der Waals surface area contributed by atoms with E-state index in [9.17, 15) is 0 Å². The number of likely N-dealkylation sites (tertiary alicyclic amines) is 1. The molecule has 1 fully saturated rings. The van der Waals surface area contributed by atoms with Crippen molar-refractivity contribution in [3.05, 3.63) is 34.3 Å². The predicted molar refractivity (Wildman–Crippen MR) is 80.5 cm³/mol. The highest BCUT2D eigenvalue weighted by Gasteiger charge is 2.28. The number of piperidine rings is 1. The fraction of sp³-hybridized carbons (Fsp3) is 0.600. The van der Waals surface area contributed by atoms with Gasteiger partial charge in [0.05, 0.1) is 0 Å². The van der Waals surface area contributed by atoms with Crippen molar-refractivity contribution >= 4 is 15.9 Å². The molecule has 3 unspecified atom stereocenters. The van der Waals surface area contributed by atoms with Gasteiger partial charge >= 0.3 is 0 Å². The van der Waals surface area contributed by atoms with Gasteiger partial charge in [0.1, 0.15) is 0 Å². The topological polar surface area (TPSA) is 29.3 Å². The second kappa shape index (κ2) is 6.18. The number of hydrogen-bond donors (Lipinski definition) is 1. The Morgan fingerprint density at radius 3 is 2.89 bits per heavy atom. The summed E-state index contributed by atoms with van der Waals surface area (Å²) in [6.45, 7) is 6.71. The van der Waals surface area contributed by atoms with Crippen molar-refractivity contribution in [3.8, 4) is 0 Å². The first-order chi connectivity index (χ1) is 8.61. The summed E-state index contributed by atoms with van der Waals surface area (Å²) in [7, 11) is 0. The van der Waals surface area contributed by atoms with E-state index in [1.54, 1.807) is 0 Å². The lowest BCUT2D eigenvalue weighted by Crippen LogP contribution is -2.48. The van der Waals surface area contributed by atoms with Gasteiger partial charge in [0, 0.05) is 23.1 Å². The van der Waals surface area contributed by atoms with Gasteiger partial charge in [-0.25, -0.2) is 0 Å². The molecule has 18 heavy (non-hydrogen) atoms. The van der Waals surface area contributed by atoms with E-state index in [-0.39, 0.29) is 0 Å². The normalized spacial score (nSPS) is 27.1. The maximum atomic E-state index is 6.22. The Morgan fingerprint density at radius 1 is 1.50 bits per heavy atom. The molecular weight excluding hydrogens is 288 g/mol. The van der Waals surface area contributed by atoms with Crippen molar-refractivity contribution < 1.29 is 0 Å². The first-order valence-electron chi connectivity index (χ1n) is 6.87. The fourth-order valence-corrected chi connectivity index (χ4v) is 3.24. The van der Waals surface area contributed by atoms with Crippen LogP contribution < -0.4 is 5.73 Å². The predicted octanol–water partition coefficient (Wildman–Crippen LogP) is 3.57. The van der Waals surface area contributed by atoms with Crippen LogP contribution in [0.1, 0.15) is 38.3 Å². The largest absolute Gasteiger partial charge is 0.326 e. The van der Waals surface area contributed by atoms with E-state index in [4.69, 9.17) is 5.73 Å². The summed E-state index contributed by atoms with van der Waals surface area (Å²) < 4.78 is 1.16. The lowest BCUT2D eigenvalue weighted by molar-refractivity contribution is 0.117. The van der Waals surface area contributed by atoms with E-state index in [2.05, 4.69) is 58.9 Å². The monoisotopic (exact) mass is 310 g/mol. The van der Waals surface area contributed by atoms with Crippen molar-refractivity contribution in [2.45, 2.75) is 38.8 Å². The number of halogens is 1. The summed E-state index contributed by atoms with van der Waals surface area (Å²) in [5.41, 5.74) is 7.62. The number of nitrogens with zero attached hydrogens (tertiary/aromatic N) is 1. The quantitative estimate of drug-likeness (QED) is 0.924. The van der Waals surface area contributed by atoms with E-state index >= 15 is 0 Å². The van der Waals surface area contributed by atoms with Gasteiger partial charge in [-0.05, 0) is 43.0 Å². The van der Waals surface area contributed by atoms with Gasteiger partial charge in [-0.2, -0.15) is 0 Å². The molecule has 1 aliphatic heterocycles. The van der Waals surface area contributed by atoms with Crippen LogP contribution in [-0.2, 0) is 0 Å². The summed E-state index contributed by atoms with van der Waals surface area (Å²) in [5, 5.41) is 0. The van der Waals surface area contributed by atoms with Crippen molar-refractivity contribution in [1.82, 2.24) is 4.90 Å². The van der Waals surface area contributed by atoms with Crippen LogP contribution in [0, 0.1) is 5.92 Å². The van der Waals surface area contributed by atoms with E-state index in [1.807, 2.05) is 0 Å². The van der Waals surface area contributed by atoms with Gasteiger partial charge in [-0.1, -0.05) is 41.9 Å². The van der Waals surface area contributed by atoms with Gasteiger partial charge in [0.2, 0.25) is 0 Å². The molecule has 3 atom stereocenters. The van der Waals surface area contributed by atoms with Crippen LogP contribution in [0.25, 0.3) is 0 Å². The van der Waals surface area contributed by atoms with Gasteiger partial charge < -0.3 is 5.73 Å². The van der Waals surface area contributed by atoms with Crippen molar-refractivity contribution in [3.63, 3.8) is 0 Å². The molecule has 0 bridgehead atoms. The molecule has 100 valence electrons. The smallest absolute Gasteiger partial charge is 0.0346 e. The van der Waals surface area contributed by atoms with Gasteiger partial charge in [0.15, 0.2) is 0 Å². The molecule has 1 saturated heterocycles. The Balaban J connectivity index is 2.14. The summed E-state index contributed by atoms with van der Waals surface area (Å²) in [4.78, 5) is 2.55. The molecule has 2 nitrogen and oxygen atoms in total. The van der Waals surface area contributed by atoms with Crippen LogP contribution in [-0.4, -0.2) is 24.0 Å². The Hall–Kier alpha value is -0.380. The van der Waals surface area contributed by atoms with E-state index < -0.39 is 0 Å². The zero-order valence-electron chi connectivity index (χ0n) is 11.3. The maximum absolute atomic E-state index is 6.22. The molecule has 1 heterocycles. The van der Waals surface area contributed by atoms with Crippen LogP contribution in [0.15, 0.2) is 28.7 Å². The molecule has 1 aromatic rings. The standard InChI is InChI=1S/C15H23BrN2/c1-3-15(12-5-4-6-13(16)9-12)18-8-7-11(2)14(17)10-18/h4-6,9,11,14-15H,3,7-8,10,17H2,1-2H3. The number of rotatable bonds is 3. The molecule has 0 spiro atoms. The van der Waals surface area contributed by atoms with Crippen molar-refractivity contribution in [1.29, 1.82) is 0 Å². The minimum absolute atomic E-state index is 0.319. The Labute approximate surface area is 119 Å². The minimum Gasteiger partial charge on any atom is -0.326 e. The summed E-state index contributed by atoms with van der Waals surface area (Å²) in [5.74, 6) is 0.654. The maximum Gasteiger partial charge on any atom is 0.0346 e. The Bertz CT molecular complexity index is 394. The molecule has 2 rings (SSSR count). The van der Waals surface area contributed by atoms with E-state index in [0.717, 1.165) is 17.4 Å². The molecule has 0 aromatic heterocycles. The summed E-state index contributed by atoms with van der Waals surface area (Å²) in [6.07, 6.45) is 2.35. The van der Waals surface area contributed by atoms with Crippen LogP contribution >= 0.6 is 15.9 Å². The first-order valence-corrected chi connectivity index (χ1v) is 7.66. The molecule has 1 aromatic carbocycles. The fourth-order valence-electron chi connectivity index (χ4n) is 2.83. The highest BCUT2D eigenvalue weighted by Crippen LogP contribution is 2.30. The number of nitrogens with two attached hydrogens (primary N) is 1. The SMILES string of the molecule is CCC(c1cccc(Br)c1)N1CCC(C)C(N)C1. The molecule has 0 aliphatic carbocycles. The Morgan fingerprint density at radius 2 is 2.28 bits per heavy atom. The van der Waals surface area contributed by atoms with Crippen LogP contribution in [0.5, 0.6) is 0 Å². The lowest BCUT2D eigenvalue weighted by atomic mass is 9.91. The second-order valence-electron chi connectivity index (χ2n) is 5.40. The average molecular weight is 311 g/mol. The summed E-state index contributed by atoms with van der Waals surface area (Å²) >= 11 is 3.56. The van der Waals surface area contributed by atoms with Crippen molar-refractivity contribution in [2.75, 3.05) is 13.1 Å². The molecule has 2 N–H and O–H groups in total. The highest BCUT2D eigenvalue weighted by molar-refractivity contribution is 9.10. The minimum atomic E-state index is 0.319. The zero-order chi connectivity index (χ0) is 13.1. The number of benzene rings is 1. The third-order valence-corrected chi connectivity index (χ3v) is 4.60. The average Bonchev–Trinajstić information content (AvgIpc) is 2.35.